The number of hydrogen-bond donors (Lipinski definition) is 0. The van der Waals surface area contributed by atoms with Crippen molar-refractivity contribution < 1.29 is 24.7 Å². The first-order valence-corrected chi connectivity index (χ1v) is 2.08. The van der Waals surface area contributed by atoms with E-state index in [0.29, 0.717) is 0 Å². The Morgan fingerprint density at radius 3 is 2.00 bits per heavy atom. The summed E-state index contributed by atoms with van der Waals surface area (Å²) in [5.41, 5.74) is 0. The Morgan fingerprint density at radius 2 is 2.00 bits per heavy atom. The Morgan fingerprint density at radius 1 is 1.80 bits per heavy atom. The van der Waals surface area contributed by atoms with Gasteiger partial charge < -0.3 is 0 Å². The van der Waals surface area contributed by atoms with E-state index in [9.17, 15) is 0 Å². The van der Waals surface area contributed by atoms with Crippen LogP contribution in [0.5, 0.6) is 0 Å². The molecule has 0 bridgehead atoms. The fraction of sp³-hybridized carbons (Fsp3) is 1.00. The van der Waals surface area contributed by atoms with Gasteiger partial charge in [0.25, 0.3) is 0 Å². The number of hydrogen-bond acceptors (Lipinski definition) is 1. The molecule has 0 spiro atoms. The second kappa shape index (κ2) is 9.00. The predicted octanol–water partition coefficient (Wildman–Crippen LogP) is -0.164. The van der Waals surface area contributed by atoms with Crippen LogP contribution in [0.2, 0.25) is 0 Å². The van der Waals surface area contributed by atoms with Crippen LogP contribution in [0, 0.1) is 0 Å². The van der Waals surface area contributed by atoms with Crippen LogP contribution >= 0.6 is 0 Å². The van der Waals surface area contributed by atoms with Crippen molar-refractivity contribution in [2.45, 2.75) is 6.92 Å². The normalized spacial score (nSPS) is 5.80. The van der Waals surface area contributed by atoms with Gasteiger partial charge in [-0.1, -0.05) is 0 Å². The predicted molar refractivity (Wildman–Crippen MR) is 18.8 cm³/mol. The van der Waals surface area contributed by atoms with Gasteiger partial charge >= 0.3 is 57.1 Å². The zero-order chi connectivity index (χ0) is 3.41. The van der Waals surface area contributed by atoms with E-state index in [-0.39, 0.29) is 18.9 Å². The molecule has 0 saturated heterocycles. The first-order chi connectivity index (χ1) is 1.91. The Bertz CT molecular complexity index is 11.6. The monoisotopic (exact) mass is 146 g/mol. The van der Waals surface area contributed by atoms with Crippen molar-refractivity contribution in [1.29, 1.82) is 0 Å². The third-order valence-electron chi connectivity index (χ3n) is 0.129. The fourth-order valence-electron chi connectivity index (χ4n) is 0. The van der Waals surface area contributed by atoms with E-state index in [1.54, 1.807) is 0 Å². The molecule has 0 amide bonds. The minimum absolute atomic E-state index is 0. The summed E-state index contributed by atoms with van der Waals surface area (Å²) in [4.78, 5) is 0. The van der Waals surface area contributed by atoms with Gasteiger partial charge in [0.15, 0.2) is 0 Å². The summed E-state index contributed by atoms with van der Waals surface area (Å²) in [7, 11) is 0. The van der Waals surface area contributed by atoms with Crippen molar-refractivity contribution in [3.05, 3.63) is 0 Å². The quantitative estimate of drug-likeness (QED) is 0.467. The standard InChI is InChI=1S/C2H5O.Li.Nb.H/c1-2-3;;;/h2H2,1H3;;;/q-1;;+1;. The summed E-state index contributed by atoms with van der Waals surface area (Å²) < 4.78 is 4.59. The summed E-state index contributed by atoms with van der Waals surface area (Å²) >= 11 is 1.40. The average molecular weight is 146 g/mol. The molecule has 0 atom stereocenters. The molecule has 0 aromatic carbocycles. The van der Waals surface area contributed by atoms with Gasteiger partial charge in [0.2, 0.25) is 0 Å². The molecule has 0 fully saturated rings. The summed E-state index contributed by atoms with van der Waals surface area (Å²) in [6.45, 7) is 2.81. The molecule has 26 valence electrons. The van der Waals surface area contributed by atoms with Gasteiger partial charge in [0, 0.05) is 0 Å². The van der Waals surface area contributed by atoms with E-state index < -0.39 is 0 Å². The molecular weight excluding hydrogens is 140 g/mol. The van der Waals surface area contributed by atoms with Crippen molar-refractivity contribution in [2.75, 3.05) is 6.61 Å². The molecule has 0 unspecified atom stereocenters. The molecule has 5 heavy (non-hydrogen) atoms. The third-order valence-corrected chi connectivity index (χ3v) is 0.764. The zero-order valence-electron chi connectivity index (χ0n) is 2.56. The Balaban J connectivity index is 0. The van der Waals surface area contributed by atoms with Crippen molar-refractivity contribution in [2.24, 2.45) is 0 Å². The van der Waals surface area contributed by atoms with Crippen LogP contribution in [-0.4, -0.2) is 25.5 Å². The summed E-state index contributed by atoms with van der Waals surface area (Å²) in [5, 5.41) is 0. The van der Waals surface area contributed by atoms with Crippen molar-refractivity contribution >= 4 is 18.9 Å². The average Bonchev–Trinajstić information content (AvgIpc) is 1.37. The van der Waals surface area contributed by atoms with Crippen LogP contribution in [0.25, 0.3) is 0 Å². The molecule has 0 N–H and O–H groups in total. The molecule has 0 aliphatic rings. The van der Waals surface area contributed by atoms with Gasteiger partial charge in [-0.25, -0.2) is 0 Å². The second-order valence-electron chi connectivity index (χ2n) is 0.418. The van der Waals surface area contributed by atoms with Crippen LogP contribution in [-0.2, 0) is 24.7 Å². The summed E-state index contributed by atoms with van der Waals surface area (Å²) in [5.74, 6) is 0. The Labute approximate surface area is 57.1 Å². The molecule has 1 nitrogen and oxygen atoms in total. The fourth-order valence-corrected chi connectivity index (χ4v) is 0. The Kier molecular flexibility index (Phi) is 17.2. The molecule has 0 aromatic rings. The van der Waals surface area contributed by atoms with E-state index in [1.807, 2.05) is 6.92 Å². The van der Waals surface area contributed by atoms with E-state index in [1.165, 1.54) is 21.5 Å². The summed E-state index contributed by atoms with van der Waals surface area (Å²) in [6, 6.07) is 0. The molecule has 0 rings (SSSR count). The molecule has 0 aromatic heterocycles. The minimum atomic E-state index is 0. The first kappa shape index (κ1) is 9.57. The molecule has 0 aliphatic heterocycles. The van der Waals surface area contributed by atoms with Gasteiger partial charge in [-0.2, -0.15) is 0 Å². The number of rotatable bonds is 1. The van der Waals surface area contributed by atoms with E-state index >= 15 is 0 Å². The first-order valence-electron chi connectivity index (χ1n) is 1.18. The zero-order valence-corrected chi connectivity index (χ0v) is 4.76. The maximum absolute atomic E-state index is 4.59. The van der Waals surface area contributed by atoms with Crippen LogP contribution < -0.4 is 0 Å². The van der Waals surface area contributed by atoms with Crippen molar-refractivity contribution in [1.82, 2.24) is 0 Å². The van der Waals surface area contributed by atoms with Gasteiger partial charge in [-0.15, -0.1) is 0 Å². The van der Waals surface area contributed by atoms with Crippen LogP contribution in [0.4, 0.5) is 0 Å². The van der Waals surface area contributed by atoms with Crippen molar-refractivity contribution in [3.63, 3.8) is 0 Å². The molecule has 0 saturated carbocycles. The van der Waals surface area contributed by atoms with Gasteiger partial charge in [0.05, 0.1) is 0 Å². The maximum atomic E-state index is 4.59. The third kappa shape index (κ3) is 10.9. The van der Waals surface area contributed by atoms with Gasteiger partial charge in [-0.3, -0.25) is 0 Å². The van der Waals surface area contributed by atoms with E-state index in [4.69, 9.17) is 0 Å². The topological polar surface area (TPSA) is 9.23 Å². The molecule has 3 heteroatoms. The van der Waals surface area contributed by atoms with Crippen molar-refractivity contribution in [3.8, 4) is 0 Å². The SMILES string of the molecule is CC[O][Nb].[LiH]. The molecule has 0 aliphatic carbocycles. The Hall–Kier alpha value is 1.30. The summed E-state index contributed by atoms with van der Waals surface area (Å²) in [6.07, 6.45) is 0. The van der Waals surface area contributed by atoms with Gasteiger partial charge in [-0.05, 0) is 0 Å². The molecule has 0 heterocycles. The molecular formula is C2H6LiNbO. The molecule has 0 radical (unpaired) electrons. The second-order valence-corrected chi connectivity index (χ2v) is 1.05. The van der Waals surface area contributed by atoms with E-state index in [0.717, 1.165) is 6.61 Å². The van der Waals surface area contributed by atoms with Crippen LogP contribution in [0.3, 0.4) is 0 Å². The van der Waals surface area contributed by atoms with E-state index in [2.05, 4.69) is 3.24 Å². The van der Waals surface area contributed by atoms with Gasteiger partial charge in [0.1, 0.15) is 0 Å². The van der Waals surface area contributed by atoms with Crippen LogP contribution in [0.1, 0.15) is 6.92 Å². The van der Waals surface area contributed by atoms with Crippen LogP contribution in [0.15, 0.2) is 0 Å².